The largest absolute Gasteiger partial charge is 0.412 e. The molecule has 0 fully saturated rings. The minimum atomic E-state index is -0.385. The van der Waals surface area contributed by atoms with Gasteiger partial charge in [0.05, 0.1) is 0 Å². The SMILES string of the molecule is CCCCN.CCCCNC(=O)Oc1ccccc1. The maximum Gasteiger partial charge on any atom is 0.412 e. The summed E-state index contributed by atoms with van der Waals surface area (Å²) in [6.07, 6.45) is 4.04. The first-order valence-electron chi connectivity index (χ1n) is 6.95. The van der Waals surface area contributed by atoms with Crippen LogP contribution in [0, 0.1) is 0 Å². The molecular formula is C15H26N2O2. The quantitative estimate of drug-likeness (QED) is 0.776. The lowest BCUT2D eigenvalue weighted by molar-refractivity contribution is 0.200. The van der Waals surface area contributed by atoms with E-state index in [-0.39, 0.29) is 6.09 Å². The summed E-state index contributed by atoms with van der Waals surface area (Å²) in [5.41, 5.74) is 5.14. The second-order valence-electron chi connectivity index (χ2n) is 4.13. The summed E-state index contributed by atoms with van der Waals surface area (Å²) in [5, 5.41) is 2.67. The zero-order valence-electron chi connectivity index (χ0n) is 12.0. The van der Waals surface area contributed by atoms with Crippen LogP contribution in [0.2, 0.25) is 0 Å². The van der Waals surface area contributed by atoms with Crippen LogP contribution in [0.5, 0.6) is 5.75 Å². The second kappa shape index (κ2) is 12.9. The van der Waals surface area contributed by atoms with Gasteiger partial charge in [0.15, 0.2) is 0 Å². The van der Waals surface area contributed by atoms with Gasteiger partial charge in [-0.2, -0.15) is 0 Å². The molecule has 0 heterocycles. The summed E-state index contributed by atoms with van der Waals surface area (Å²) in [6, 6.07) is 9.03. The highest BCUT2D eigenvalue weighted by Gasteiger charge is 2.01. The molecule has 0 saturated carbocycles. The molecular weight excluding hydrogens is 240 g/mol. The molecule has 0 bridgehead atoms. The lowest BCUT2D eigenvalue weighted by Gasteiger charge is -2.05. The Balaban J connectivity index is 0.000000555. The van der Waals surface area contributed by atoms with Crippen LogP contribution >= 0.6 is 0 Å². The molecule has 4 heteroatoms. The predicted octanol–water partition coefficient (Wildman–Crippen LogP) is 3.32. The Morgan fingerprint density at radius 3 is 2.26 bits per heavy atom. The number of benzene rings is 1. The smallest absolute Gasteiger partial charge is 0.410 e. The first-order valence-corrected chi connectivity index (χ1v) is 6.95. The molecule has 0 radical (unpaired) electrons. The van der Waals surface area contributed by atoms with Crippen molar-refractivity contribution in [3.05, 3.63) is 30.3 Å². The van der Waals surface area contributed by atoms with Crippen LogP contribution in [0.25, 0.3) is 0 Å². The lowest BCUT2D eigenvalue weighted by Crippen LogP contribution is -2.27. The van der Waals surface area contributed by atoms with Crippen molar-refractivity contribution in [1.29, 1.82) is 0 Å². The molecule has 1 aromatic rings. The van der Waals surface area contributed by atoms with E-state index in [2.05, 4.69) is 19.2 Å². The van der Waals surface area contributed by atoms with E-state index in [4.69, 9.17) is 10.5 Å². The Labute approximate surface area is 116 Å². The molecule has 4 nitrogen and oxygen atoms in total. The van der Waals surface area contributed by atoms with E-state index in [0.717, 1.165) is 19.4 Å². The van der Waals surface area contributed by atoms with Gasteiger partial charge in [-0.15, -0.1) is 0 Å². The van der Waals surface area contributed by atoms with Gasteiger partial charge in [0.25, 0.3) is 0 Å². The summed E-state index contributed by atoms with van der Waals surface area (Å²) >= 11 is 0. The molecule has 0 atom stereocenters. The van der Waals surface area contributed by atoms with Crippen LogP contribution in [0.1, 0.15) is 39.5 Å². The molecule has 0 aliphatic rings. The summed E-state index contributed by atoms with van der Waals surface area (Å²) in [5.74, 6) is 0.571. The van der Waals surface area contributed by atoms with Crippen molar-refractivity contribution in [2.75, 3.05) is 13.1 Å². The summed E-state index contributed by atoms with van der Waals surface area (Å²) < 4.78 is 5.01. The maximum atomic E-state index is 11.2. The van der Waals surface area contributed by atoms with Crippen molar-refractivity contribution >= 4 is 6.09 Å². The van der Waals surface area contributed by atoms with Gasteiger partial charge in [0.2, 0.25) is 0 Å². The first-order chi connectivity index (χ1) is 9.24. The monoisotopic (exact) mass is 266 g/mol. The standard InChI is InChI=1S/C11H15NO2.C4H11N/c1-2-3-9-12-11(13)14-10-7-5-4-6-8-10;1-2-3-4-5/h4-8H,2-3,9H2,1H3,(H,12,13);2-5H2,1H3. The molecule has 19 heavy (non-hydrogen) atoms. The molecule has 3 N–H and O–H groups in total. The van der Waals surface area contributed by atoms with E-state index in [1.54, 1.807) is 12.1 Å². The molecule has 1 rings (SSSR count). The first kappa shape index (κ1) is 17.4. The summed E-state index contributed by atoms with van der Waals surface area (Å²) in [7, 11) is 0. The second-order valence-corrected chi connectivity index (χ2v) is 4.13. The number of amides is 1. The normalized spacial score (nSPS) is 9.21. The van der Waals surface area contributed by atoms with E-state index in [1.807, 2.05) is 18.2 Å². The van der Waals surface area contributed by atoms with Gasteiger partial charge in [-0.1, -0.05) is 44.9 Å². The molecule has 108 valence electrons. The van der Waals surface area contributed by atoms with Crippen molar-refractivity contribution in [2.24, 2.45) is 5.73 Å². The third kappa shape index (κ3) is 11.3. The van der Waals surface area contributed by atoms with Crippen LogP contribution in [-0.4, -0.2) is 19.2 Å². The van der Waals surface area contributed by atoms with Crippen molar-refractivity contribution in [2.45, 2.75) is 39.5 Å². The average Bonchev–Trinajstić information content (AvgIpc) is 2.42. The minimum Gasteiger partial charge on any atom is -0.410 e. The van der Waals surface area contributed by atoms with Gasteiger partial charge in [-0.05, 0) is 31.5 Å². The predicted molar refractivity (Wildman–Crippen MR) is 79.3 cm³/mol. The van der Waals surface area contributed by atoms with Gasteiger partial charge in [-0.25, -0.2) is 4.79 Å². The highest BCUT2D eigenvalue weighted by Crippen LogP contribution is 2.07. The third-order valence-electron chi connectivity index (χ3n) is 2.31. The van der Waals surface area contributed by atoms with E-state index >= 15 is 0 Å². The van der Waals surface area contributed by atoms with E-state index in [1.165, 1.54) is 12.8 Å². The fraction of sp³-hybridized carbons (Fsp3) is 0.533. The van der Waals surface area contributed by atoms with Gasteiger partial charge in [0, 0.05) is 6.54 Å². The Morgan fingerprint density at radius 1 is 1.16 bits per heavy atom. The van der Waals surface area contributed by atoms with E-state index in [0.29, 0.717) is 12.3 Å². The molecule has 0 aromatic heterocycles. The number of hydrogen-bond acceptors (Lipinski definition) is 3. The van der Waals surface area contributed by atoms with Gasteiger partial charge in [-0.3, -0.25) is 0 Å². The summed E-state index contributed by atoms with van der Waals surface area (Å²) in [4.78, 5) is 11.2. The number of rotatable bonds is 6. The minimum absolute atomic E-state index is 0.385. The Hall–Kier alpha value is -1.55. The number of hydrogen-bond donors (Lipinski definition) is 2. The fourth-order valence-corrected chi connectivity index (χ4v) is 1.20. The summed E-state index contributed by atoms with van der Waals surface area (Å²) in [6.45, 7) is 5.72. The number of carbonyl (C=O) groups excluding carboxylic acids is 1. The number of ether oxygens (including phenoxy) is 1. The van der Waals surface area contributed by atoms with Crippen molar-refractivity contribution < 1.29 is 9.53 Å². The molecule has 0 spiro atoms. The zero-order valence-corrected chi connectivity index (χ0v) is 12.0. The fourth-order valence-electron chi connectivity index (χ4n) is 1.20. The van der Waals surface area contributed by atoms with Crippen molar-refractivity contribution in [3.63, 3.8) is 0 Å². The zero-order chi connectivity index (χ0) is 14.3. The highest BCUT2D eigenvalue weighted by atomic mass is 16.5. The van der Waals surface area contributed by atoms with Crippen LogP contribution in [-0.2, 0) is 0 Å². The number of para-hydroxylation sites is 1. The van der Waals surface area contributed by atoms with Gasteiger partial charge >= 0.3 is 6.09 Å². The highest BCUT2D eigenvalue weighted by molar-refractivity contribution is 5.70. The van der Waals surface area contributed by atoms with Crippen LogP contribution in [0.15, 0.2) is 30.3 Å². The Bertz CT molecular complexity index is 313. The Morgan fingerprint density at radius 2 is 1.79 bits per heavy atom. The molecule has 1 amide bonds. The number of unbranched alkanes of at least 4 members (excludes halogenated alkanes) is 2. The molecule has 0 saturated heterocycles. The lowest BCUT2D eigenvalue weighted by atomic mass is 10.3. The van der Waals surface area contributed by atoms with E-state index in [9.17, 15) is 4.79 Å². The van der Waals surface area contributed by atoms with Crippen LogP contribution in [0.3, 0.4) is 0 Å². The molecule has 1 aromatic carbocycles. The van der Waals surface area contributed by atoms with Crippen molar-refractivity contribution in [3.8, 4) is 5.75 Å². The van der Waals surface area contributed by atoms with Crippen LogP contribution < -0.4 is 15.8 Å². The van der Waals surface area contributed by atoms with Gasteiger partial charge in [0.1, 0.15) is 5.75 Å². The molecule has 0 unspecified atom stereocenters. The van der Waals surface area contributed by atoms with Crippen LogP contribution in [0.4, 0.5) is 4.79 Å². The van der Waals surface area contributed by atoms with Crippen molar-refractivity contribution in [1.82, 2.24) is 5.32 Å². The third-order valence-corrected chi connectivity index (χ3v) is 2.31. The molecule has 0 aliphatic carbocycles. The average molecular weight is 266 g/mol. The Kier molecular flexibility index (Phi) is 11.8. The van der Waals surface area contributed by atoms with Gasteiger partial charge < -0.3 is 15.8 Å². The number of nitrogens with one attached hydrogen (secondary N) is 1. The van der Waals surface area contributed by atoms with E-state index < -0.39 is 0 Å². The number of carbonyl (C=O) groups is 1. The number of nitrogens with two attached hydrogens (primary N) is 1. The molecule has 0 aliphatic heterocycles. The maximum absolute atomic E-state index is 11.2. The topological polar surface area (TPSA) is 64.3 Å².